The van der Waals surface area contributed by atoms with Gasteiger partial charge in [-0.3, -0.25) is 4.72 Å². The van der Waals surface area contributed by atoms with Gasteiger partial charge in [0.2, 0.25) is 0 Å². The molecule has 1 atom stereocenters. The second kappa shape index (κ2) is 7.80. The SMILES string of the molecule is CCC(C)c1ccc(S(=O)(=O)Nc2cc(C(F)(F)F)ccc2N(C)C)cc1. The zero-order valence-electron chi connectivity index (χ0n) is 15.6. The van der Waals surface area contributed by atoms with Gasteiger partial charge in [-0.15, -0.1) is 0 Å². The van der Waals surface area contributed by atoms with E-state index in [1.54, 1.807) is 31.1 Å². The van der Waals surface area contributed by atoms with Crippen LogP contribution in [-0.4, -0.2) is 22.5 Å². The lowest BCUT2D eigenvalue weighted by Crippen LogP contribution is -2.18. The van der Waals surface area contributed by atoms with Crippen molar-refractivity contribution < 1.29 is 21.6 Å². The quantitative estimate of drug-likeness (QED) is 0.735. The maximum atomic E-state index is 13.0. The molecule has 0 heterocycles. The van der Waals surface area contributed by atoms with Crippen LogP contribution in [0.2, 0.25) is 0 Å². The standard InChI is InChI=1S/C19H23F3N2O2S/c1-5-13(2)14-6-9-16(10-7-14)27(25,26)23-17-12-15(19(20,21)22)8-11-18(17)24(3)4/h6-13,23H,5H2,1-4H3. The van der Waals surface area contributed by atoms with Gasteiger partial charge in [0.15, 0.2) is 0 Å². The number of hydrogen-bond acceptors (Lipinski definition) is 3. The Morgan fingerprint density at radius 2 is 1.67 bits per heavy atom. The molecule has 0 fully saturated rings. The Bertz CT molecular complexity index is 892. The van der Waals surface area contributed by atoms with E-state index in [0.717, 1.165) is 24.1 Å². The Balaban J connectivity index is 2.41. The van der Waals surface area contributed by atoms with Gasteiger partial charge in [-0.25, -0.2) is 8.42 Å². The van der Waals surface area contributed by atoms with E-state index in [-0.39, 0.29) is 10.6 Å². The second-order valence-corrected chi connectivity index (χ2v) is 8.29. The molecule has 0 aliphatic heterocycles. The number of rotatable bonds is 6. The van der Waals surface area contributed by atoms with Crippen molar-refractivity contribution in [2.75, 3.05) is 23.7 Å². The molecule has 2 rings (SSSR count). The second-order valence-electron chi connectivity index (χ2n) is 6.61. The Morgan fingerprint density at radius 1 is 1.07 bits per heavy atom. The number of alkyl halides is 3. The maximum Gasteiger partial charge on any atom is 0.416 e. The number of sulfonamides is 1. The number of benzene rings is 2. The molecule has 2 aromatic rings. The van der Waals surface area contributed by atoms with Crippen LogP contribution < -0.4 is 9.62 Å². The monoisotopic (exact) mass is 400 g/mol. The van der Waals surface area contributed by atoms with Gasteiger partial charge in [0.05, 0.1) is 21.8 Å². The first kappa shape index (κ1) is 21.1. The van der Waals surface area contributed by atoms with Crippen LogP contribution >= 0.6 is 0 Å². The molecule has 0 spiro atoms. The largest absolute Gasteiger partial charge is 0.416 e. The summed E-state index contributed by atoms with van der Waals surface area (Å²) in [6.45, 7) is 4.07. The normalized spacial score (nSPS) is 13.3. The minimum absolute atomic E-state index is 0.00308. The summed E-state index contributed by atoms with van der Waals surface area (Å²) in [6, 6.07) is 9.35. The molecule has 0 bridgehead atoms. The zero-order valence-corrected chi connectivity index (χ0v) is 16.4. The molecule has 0 saturated carbocycles. The van der Waals surface area contributed by atoms with E-state index >= 15 is 0 Å². The van der Waals surface area contributed by atoms with E-state index in [4.69, 9.17) is 0 Å². The Morgan fingerprint density at radius 3 is 2.15 bits per heavy atom. The first-order valence-electron chi connectivity index (χ1n) is 8.47. The molecule has 2 aromatic carbocycles. The van der Waals surface area contributed by atoms with Crippen molar-refractivity contribution in [3.63, 3.8) is 0 Å². The highest BCUT2D eigenvalue weighted by molar-refractivity contribution is 7.92. The maximum absolute atomic E-state index is 13.0. The highest BCUT2D eigenvalue weighted by Crippen LogP contribution is 2.35. The third-order valence-electron chi connectivity index (χ3n) is 4.42. The molecule has 1 unspecified atom stereocenters. The fraction of sp³-hybridized carbons (Fsp3) is 0.368. The van der Waals surface area contributed by atoms with Crippen LogP contribution in [0.3, 0.4) is 0 Å². The van der Waals surface area contributed by atoms with Gasteiger partial charge in [-0.2, -0.15) is 13.2 Å². The summed E-state index contributed by atoms with van der Waals surface area (Å²) in [5.74, 6) is 0.290. The lowest BCUT2D eigenvalue weighted by Gasteiger charge is -2.20. The molecule has 0 aliphatic carbocycles. The smallest absolute Gasteiger partial charge is 0.376 e. The van der Waals surface area contributed by atoms with E-state index in [1.807, 2.05) is 13.8 Å². The minimum Gasteiger partial charge on any atom is -0.376 e. The van der Waals surface area contributed by atoms with Gasteiger partial charge in [0.1, 0.15) is 0 Å². The number of halogens is 3. The lowest BCUT2D eigenvalue weighted by molar-refractivity contribution is -0.137. The molecular weight excluding hydrogens is 377 g/mol. The summed E-state index contributed by atoms with van der Waals surface area (Å²) in [7, 11) is -0.772. The van der Waals surface area contributed by atoms with Crippen molar-refractivity contribution in [3.05, 3.63) is 53.6 Å². The van der Waals surface area contributed by atoms with Crippen LogP contribution in [0.1, 0.15) is 37.3 Å². The van der Waals surface area contributed by atoms with Crippen molar-refractivity contribution in [1.82, 2.24) is 0 Å². The number of nitrogens with zero attached hydrogens (tertiary/aromatic N) is 1. The van der Waals surface area contributed by atoms with Gasteiger partial charge < -0.3 is 4.90 Å². The Kier molecular flexibility index (Phi) is 6.09. The molecule has 0 aliphatic rings. The number of anilines is 2. The molecule has 0 aromatic heterocycles. The fourth-order valence-electron chi connectivity index (χ4n) is 2.60. The van der Waals surface area contributed by atoms with Crippen LogP contribution in [0, 0.1) is 0 Å². The molecular formula is C19H23F3N2O2S. The van der Waals surface area contributed by atoms with Crippen LogP contribution in [0.15, 0.2) is 47.4 Å². The van der Waals surface area contributed by atoms with Crippen molar-refractivity contribution in [2.24, 2.45) is 0 Å². The Hall–Kier alpha value is -2.22. The van der Waals surface area contributed by atoms with Crippen molar-refractivity contribution in [1.29, 1.82) is 0 Å². The zero-order chi connectivity index (χ0) is 20.4. The van der Waals surface area contributed by atoms with Crippen LogP contribution in [-0.2, 0) is 16.2 Å². The average Bonchev–Trinajstić information content (AvgIpc) is 2.59. The summed E-state index contributed by atoms with van der Waals surface area (Å²) in [6.07, 6.45) is -3.65. The molecule has 27 heavy (non-hydrogen) atoms. The highest BCUT2D eigenvalue weighted by atomic mass is 32.2. The van der Waals surface area contributed by atoms with Crippen LogP contribution in [0.4, 0.5) is 24.5 Å². The highest BCUT2D eigenvalue weighted by Gasteiger charge is 2.31. The van der Waals surface area contributed by atoms with Gasteiger partial charge in [-0.1, -0.05) is 26.0 Å². The number of nitrogens with one attached hydrogen (secondary N) is 1. The minimum atomic E-state index is -4.57. The van der Waals surface area contributed by atoms with Gasteiger partial charge in [0.25, 0.3) is 10.0 Å². The third-order valence-corrected chi connectivity index (χ3v) is 5.80. The van der Waals surface area contributed by atoms with Crippen molar-refractivity contribution >= 4 is 21.4 Å². The van der Waals surface area contributed by atoms with Crippen molar-refractivity contribution in [3.8, 4) is 0 Å². The van der Waals surface area contributed by atoms with E-state index in [2.05, 4.69) is 4.72 Å². The summed E-state index contributed by atoms with van der Waals surface area (Å²) in [5.41, 5.74) is 0.297. The first-order chi connectivity index (χ1) is 12.5. The molecule has 148 valence electrons. The van der Waals surface area contributed by atoms with E-state index in [0.29, 0.717) is 11.6 Å². The molecule has 4 nitrogen and oxygen atoms in total. The molecule has 8 heteroatoms. The van der Waals surface area contributed by atoms with Crippen LogP contribution in [0.25, 0.3) is 0 Å². The van der Waals surface area contributed by atoms with Gasteiger partial charge in [-0.05, 0) is 48.2 Å². The molecule has 1 N–H and O–H groups in total. The molecule has 0 radical (unpaired) electrons. The fourth-order valence-corrected chi connectivity index (χ4v) is 3.66. The summed E-state index contributed by atoms with van der Waals surface area (Å²) >= 11 is 0. The first-order valence-corrected chi connectivity index (χ1v) is 9.95. The van der Waals surface area contributed by atoms with Crippen molar-refractivity contribution in [2.45, 2.75) is 37.3 Å². The molecule has 0 amide bonds. The van der Waals surface area contributed by atoms with Crippen LogP contribution in [0.5, 0.6) is 0 Å². The van der Waals surface area contributed by atoms with Gasteiger partial charge in [0, 0.05) is 14.1 Å². The lowest BCUT2D eigenvalue weighted by atomic mass is 9.99. The van der Waals surface area contributed by atoms with E-state index < -0.39 is 21.8 Å². The Labute approximate surface area is 158 Å². The number of hydrogen-bond donors (Lipinski definition) is 1. The topological polar surface area (TPSA) is 49.4 Å². The molecule has 0 saturated heterocycles. The van der Waals surface area contributed by atoms with Gasteiger partial charge >= 0.3 is 6.18 Å². The summed E-state index contributed by atoms with van der Waals surface area (Å²) in [4.78, 5) is 1.54. The summed E-state index contributed by atoms with van der Waals surface area (Å²) in [5, 5.41) is 0. The van der Waals surface area contributed by atoms with E-state index in [1.165, 1.54) is 18.2 Å². The average molecular weight is 400 g/mol. The predicted octanol–water partition coefficient (Wildman–Crippen LogP) is 5.09. The predicted molar refractivity (Wildman–Crippen MR) is 102 cm³/mol. The van der Waals surface area contributed by atoms with E-state index in [9.17, 15) is 21.6 Å². The summed E-state index contributed by atoms with van der Waals surface area (Å²) < 4.78 is 66.7. The third kappa shape index (κ3) is 4.94.